The van der Waals surface area contributed by atoms with Crippen LogP contribution in [-0.2, 0) is 0 Å². The molecule has 0 saturated heterocycles. The average molecular weight is 567 g/mol. The molecule has 5 aliphatic carbocycles. The Kier molecular flexibility index (Phi) is 7.61. The first kappa shape index (κ1) is 28.6. The minimum Gasteiger partial charge on any atom is -0.0996 e. The third-order valence-electron chi connectivity index (χ3n) is 11.8. The summed E-state index contributed by atoms with van der Waals surface area (Å²) >= 11 is 0. The maximum atomic E-state index is 4.71. The molecule has 0 spiro atoms. The average Bonchev–Trinajstić information content (AvgIpc) is 3.93. The molecule has 0 aliphatic heterocycles. The van der Waals surface area contributed by atoms with Crippen LogP contribution in [0.5, 0.6) is 0 Å². The summed E-state index contributed by atoms with van der Waals surface area (Å²) in [5.74, 6) is 3.74. The zero-order valence-electron chi connectivity index (χ0n) is 26.7. The highest BCUT2D eigenvalue weighted by Gasteiger charge is 2.47. The van der Waals surface area contributed by atoms with Crippen LogP contribution in [0.15, 0.2) is 103 Å². The van der Waals surface area contributed by atoms with E-state index in [1.807, 2.05) is 0 Å². The van der Waals surface area contributed by atoms with Gasteiger partial charge in [0.25, 0.3) is 0 Å². The van der Waals surface area contributed by atoms with Gasteiger partial charge in [0.15, 0.2) is 0 Å². The van der Waals surface area contributed by atoms with E-state index in [1.54, 1.807) is 11.1 Å². The van der Waals surface area contributed by atoms with Crippen LogP contribution in [-0.4, -0.2) is 0 Å². The van der Waals surface area contributed by atoms with E-state index in [-0.39, 0.29) is 0 Å². The van der Waals surface area contributed by atoms with Gasteiger partial charge in [-0.15, -0.1) is 0 Å². The molecule has 0 N–H and O–H groups in total. The molecule has 0 amide bonds. The van der Waals surface area contributed by atoms with Crippen molar-refractivity contribution in [3.8, 4) is 0 Å². The van der Waals surface area contributed by atoms with Crippen LogP contribution in [0.25, 0.3) is 11.1 Å². The highest BCUT2D eigenvalue weighted by molar-refractivity contribution is 5.79. The smallest absolute Gasteiger partial charge is 0.00894 e. The van der Waals surface area contributed by atoms with Crippen LogP contribution in [0.4, 0.5) is 0 Å². The van der Waals surface area contributed by atoms with Gasteiger partial charge in [0, 0.05) is 17.8 Å². The first-order valence-electron chi connectivity index (χ1n) is 17.2. The molecule has 0 aromatic heterocycles. The molecule has 222 valence electrons. The summed E-state index contributed by atoms with van der Waals surface area (Å²) in [5.41, 5.74) is 16.9. The van der Waals surface area contributed by atoms with Gasteiger partial charge >= 0.3 is 0 Å². The molecule has 0 nitrogen and oxygen atoms in total. The van der Waals surface area contributed by atoms with E-state index in [2.05, 4.69) is 75.5 Å². The quantitative estimate of drug-likeness (QED) is 0.251. The highest BCUT2D eigenvalue weighted by Crippen LogP contribution is 2.60. The second kappa shape index (κ2) is 11.4. The van der Waals surface area contributed by atoms with E-state index >= 15 is 0 Å². The summed E-state index contributed by atoms with van der Waals surface area (Å²) in [6.45, 7) is 22.9. The van der Waals surface area contributed by atoms with Crippen molar-refractivity contribution in [1.82, 2.24) is 0 Å². The standard InChI is InChI=1S/C43H50/c1-26-13-14-37(23-28(26)3)29(4)39(12-8-11-32-10-7-9-27(32)2)34-17-15-33(16-18-34)38-24-40-30(5)42(35-19-20-35)31(6)43(36-21-22-36)41(40)25-38/h13-18,23,25,32,35-36,39,42-43H,2,4-12,19-22,24H2,1,3H3. The van der Waals surface area contributed by atoms with E-state index in [1.165, 1.54) is 113 Å². The molecule has 5 aliphatic rings. The Balaban J connectivity index is 1.12. The lowest BCUT2D eigenvalue weighted by Gasteiger charge is -2.36. The first-order valence-corrected chi connectivity index (χ1v) is 17.2. The van der Waals surface area contributed by atoms with Crippen LogP contribution < -0.4 is 0 Å². The predicted molar refractivity (Wildman–Crippen MR) is 185 cm³/mol. The fraction of sp³-hybridized carbons (Fsp3) is 0.442. The van der Waals surface area contributed by atoms with Gasteiger partial charge in [0.05, 0.1) is 0 Å². The van der Waals surface area contributed by atoms with Gasteiger partial charge < -0.3 is 0 Å². The van der Waals surface area contributed by atoms with Crippen molar-refractivity contribution >= 4 is 11.1 Å². The zero-order chi connectivity index (χ0) is 29.8. The molecular weight excluding hydrogens is 516 g/mol. The van der Waals surface area contributed by atoms with Gasteiger partial charge in [0.1, 0.15) is 0 Å². The van der Waals surface area contributed by atoms with Gasteiger partial charge in [-0.3, -0.25) is 0 Å². The number of hydrogen-bond acceptors (Lipinski definition) is 0. The summed E-state index contributed by atoms with van der Waals surface area (Å²) in [6, 6.07) is 16.4. The van der Waals surface area contributed by atoms with E-state index in [4.69, 9.17) is 13.2 Å². The normalized spacial score (nSPS) is 26.1. The fourth-order valence-corrected chi connectivity index (χ4v) is 8.70. The maximum Gasteiger partial charge on any atom is 0.00894 e. The molecule has 0 radical (unpaired) electrons. The molecule has 0 bridgehead atoms. The van der Waals surface area contributed by atoms with Crippen LogP contribution in [0.2, 0.25) is 0 Å². The van der Waals surface area contributed by atoms with E-state index < -0.39 is 0 Å². The molecule has 3 fully saturated rings. The SMILES string of the molecule is C=C1CCCC1CCCC(C(=C)c1ccc(C)c(C)c1)c1ccc(C2=CC3=C(C2)C(=C)C(C2CC2)C(=C)C3C2CC2)cc1. The Morgan fingerprint density at radius 2 is 1.58 bits per heavy atom. The summed E-state index contributed by atoms with van der Waals surface area (Å²) in [4.78, 5) is 0. The topological polar surface area (TPSA) is 0 Å². The van der Waals surface area contributed by atoms with Gasteiger partial charge in [-0.05, 0) is 151 Å². The fourth-order valence-electron chi connectivity index (χ4n) is 8.70. The van der Waals surface area contributed by atoms with Crippen LogP contribution in [0.3, 0.4) is 0 Å². The van der Waals surface area contributed by atoms with Crippen molar-refractivity contribution in [2.45, 2.75) is 90.4 Å². The third-order valence-corrected chi connectivity index (χ3v) is 11.8. The van der Waals surface area contributed by atoms with E-state index in [9.17, 15) is 0 Å². The second-order valence-corrected chi connectivity index (χ2v) is 14.7. The van der Waals surface area contributed by atoms with Gasteiger partial charge in [0.2, 0.25) is 0 Å². The summed E-state index contributed by atoms with van der Waals surface area (Å²) in [7, 11) is 0. The lowest BCUT2D eigenvalue weighted by Crippen LogP contribution is -2.25. The Bertz CT molecular complexity index is 1540. The van der Waals surface area contributed by atoms with Crippen molar-refractivity contribution in [1.29, 1.82) is 0 Å². The molecule has 0 heteroatoms. The first-order chi connectivity index (χ1) is 20.8. The number of aryl methyl sites for hydroxylation is 2. The monoisotopic (exact) mass is 566 g/mol. The second-order valence-electron chi connectivity index (χ2n) is 14.7. The van der Waals surface area contributed by atoms with Gasteiger partial charge in [-0.25, -0.2) is 0 Å². The van der Waals surface area contributed by atoms with Crippen molar-refractivity contribution in [3.05, 3.63) is 131 Å². The van der Waals surface area contributed by atoms with Crippen molar-refractivity contribution in [3.63, 3.8) is 0 Å². The molecule has 3 saturated carbocycles. The van der Waals surface area contributed by atoms with Gasteiger partial charge in [-0.1, -0.05) is 92.4 Å². The summed E-state index contributed by atoms with van der Waals surface area (Å²) < 4.78 is 0. The Morgan fingerprint density at radius 3 is 2.23 bits per heavy atom. The molecule has 4 atom stereocenters. The van der Waals surface area contributed by atoms with E-state index in [0.29, 0.717) is 17.8 Å². The number of benzene rings is 2. The lowest BCUT2D eigenvalue weighted by atomic mass is 9.68. The molecule has 2 aromatic carbocycles. The third kappa shape index (κ3) is 5.52. The predicted octanol–water partition coefficient (Wildman–Crippen LogP) is 11.9. The summed E-state index contributed by atoms with van der Waals surface area (Å²) in [6.07, 6.45) is 16.5. The molecule has 2 aromatic rings. The Labute approximate surface area is 261 Å². The zero-order valence-corrected chi connectivity index (χ0v) is 26.7. The van der Waals surface area contributed by atoms with Crippen LogP contribution in [0.1, 0.15) is 104 Å². The van der Waals surface area contributed by atoms with Crippen molar-refractivity contribution in [2.75, 3.05) is 0 Å². The highest BCUT2D eigenvalue weighted by atomic mass is 14.5. The summed E-state index contributed by atoms with van der Waals surface area (Å²) in [5, 5.41) is 0. The van der Waals surface area contributed by atoms with Crippen molar-refractivity contribution in [2.24, 2.45) is 29.6 Å². The van der Waals surface area contributed by atoms with Gasteiger partial charge in [-0.2, -0.15) is 0 Å². The largest absolute Gasteiger partial charge is 0.0996 e. The molecule has 4 unspecified atom stereocenters. The number of hydrogen-bond donors (Lipinski definition) is 0. The molecular formula is C43H50. The number of allylic oxidation sites excluding steroid dienone is 8. The van der Waals surface area contributed by atoms with Crippen molar-refractivity contribution < 1.29 is 0 Å². The number of rotatable bonds is 10. The van der Waals surface area contributed by atoms with E-state index in [0.717, 1.165) is 30.6 Å². The lowest BCUT2D eigenvalue weighted by molar-refractivity contribution is 0.494. The Morgan fingerprint density at radius 1 is 0.860 bits per heavy atom. The molecule has 0 heterocycles. The maximum absolute atomic E-state index is 4.71. The molecule has 7 rings (SSSR count). The molecule has 43 heavy (non-hydrogen) atoms. The minimum absolute atomic E-state index is 0.330. The van der Waals surface area contributed by atoms with Crippen LogP contribution >= 0.6 is 0 Å². The minimum atomic E-state index is 0.330. The Hall–Kier alpha value is -3.12. The van der Waals surface area contributed by atoms with Crippen LogP contribution in [0, 0.1) is 43.4 Å².